The van der Waals surface area contributed by atoms with Gasteiger partial charge in [0.1, 0.15) is 25.9 Å². The van der Waals surface area contributed by atoms with E-state index in [-0.39, 0.29) is 37.2 Å². The lowest BCUT2D eigenvalue weighted by Crippen LogP contribution is -2.56. The first-order valence-corrected chi connectivity index (χ1v) is 13.9. The minimum absolute atomic E-state index is 0.0594. The zero-order valence-electron chi connectivity index (χ0n) is 24.3. The van der Waals surface area contributed by atoms with E-state index in [1.54, 1.807) is 7.05 Å². The number of hydrogen-bond acceptors (Lipinski definition) is 8. The van der Waals surface area contributed by atoms with E-state index in [0.29, 0.717) is 23.9 Å². The van der Waals surface area contributed by atoms with Crippen molar-refractivity contribution in [3.63, 3.8) is 0 Å². The number of carbonyl (C=O) groups is 2. The molecular formula is C24H52N4O7P+. The van der Waals surface area contributed by atoms with Crippen molar-refractivity contribution >= 4 is 19.7 Å². The fourth-order valence-corrected chi connectivity index (χ4v) is 4.21. The molecular weight excluding hydrogens is 487 g/mol. The SMILES string of the molecule is CCC(C)(C(=O)OCCOP(=O)(O)OCC[N+](C)(C)C)C(C)(C)CC(NC(=O)C(N)NC)C(C)(C)C. The Morgan fingerprint density at radius 3 is 2.00 bits per heavy atom. The second kappa shape index (κ2) is 13.6. The minimum Gasteiger partial charge on any atom is -0.463 e. The van der Waals surface area contributed by atoms with Crippen LogP contribution in [0.5, 0.6) is 0 Å². The summed E-state index contributed by atoms with van der Waals surface area (Å²) in [6.07, 6.45) is 0.160. The molecule has 0 aliphatic carbocycles. The Morgan fingerprint density at radius 2 is 1.56 bits per heavy atom. The van der Waals surface area contributed by atoms with Gasteiger partial charge in [0.2, 0.25) is 0 Å². The van der Waals surface area contributed by atoms with Crippen molar-refractivity contribution in [1.29, 1.82) is 0 Å². The van der Waals surface area contributed by atoms with E-state index >= 15 is 0 Å². The van der Waals surface area contributed by atoms with Gasteiger partial charge in [-0.05, 0) is 37.6 Å². The third-order valence-electron chi connectivity index (χ3n) is 6.91. The highest BCUT2D eigenvalue weighted by Gasteiger charge is 2.49. The van der Waals surface area contributed by atoms with Crippen molar-refractivity contribution < 1.29 is 37.3 Å². The highest BCUT2D eigenvalue weighted by atomic mass is 31.2. The van der Waals surface area contributed by atoms with Gasteiger partial charge in [0, 0.05) is 6.04 Å². The number of nitrogens with two attached hydrogens (primary N) is 1. The van der Waals surface area contributed by atoms with Crippen LogP contribution in [0.1, 0.15) is 61.3 Å². The number of carbonyl (C=O) groups excluding carboxylic acids is 2. The topological polar surface area (TPSA) is 149 Å². The summed E-state index contributed by atoms with van der Waals surface area (Å²) in [4.78, 5) is 35.5. The number of nitrogens with zero attached hydrogens (tertiary/aromatic N) is 1. The molecule has 36 heavy (non-hydrogen) atoms. The molecule has 0 rings (SSSR count). The van der Waals surface area contributed by atoms with Crippen molar-refractivity contribution in [3.05, 3.63) is 0 Å². The van der Waals surface area contributed by atoms with Crippen LogP contribution in [0.3, 0.4) is 0 Å². The Hall–Kier alpha value is -1.07. The summed E-state index contributed by atoms with van der Waals surface area (Å²) in [5, 5.41) is 5.75. The molecule has 0 heterocycles. The quantitative estimate of drug-likeness (QED) is 0.0761. The Kier molecular flexibility index (Phi) is 13.2. The van der Waals surface area contributed by atoms with E-state index < -0.39 is 30.8 Å². The molecule has 4 atom stereocenters. The predicted molar refractivity (Wildman–Crippen MR) is 141 cm³/mol. The molecule has 0 fully saturated rings. The van der Waals surface area contributed by atoms with Gasteiger partial charge < -0.3 is 25.2 Å². The third kappa shape index (κ3) is 11.5. The van der Waals surface area contributed by atoms with Crippen LogP contribution in [0.4, 0.5) is 0 Å². The van der Waals surface area contributed by atoms with Crippen molar-refractivity contribution in [3.8, 4) is 0 Å². The van der Waals surface area contributed by atoms with Crippen LogP contribution in [-0.4, -0.2) is 88.0 Å². The number of esters is 1. The second-order valence-corrected chi connectivity index (χ2v) is 13.7. The molecule has 4 unspecified atom stereocenters. The Bertz CT molecular complexity index is 765. The molecule has 0 saturated carbocycles. The molecule has 1 amide bonds. The van der Waals surface area contributed by atoms with Crippen LogP contribution in [0, 0.1) is 16.2 Å². The van der Waals surface area contributed by atoms with Gasteiger partial charge in [-0.15, -0.1) is 0 Å². The van der Waals surface area contributed by atoms with Crippen LogP contribution in [0.15, 0.2) is 0 Å². The zero-order chi connectivity index (χ0) is 28.6. The molecule has 0 bridgehead atoms. The summed E-state index contributed by atoms with van der Waals surface area (Å²) in [6.45, 7) is 13.9. The highest BCUT2D eigenvalue weighted by molar-refractivity contribution is 7.47. The normalized spacial score (nSPS) is 18.0. The largest absolute Gasteiger partial charge is 0.472 e. The Labute approximate surface area is 218 Å². The van der Waals surface area contributed by atoms with Gasteiger partial charge >= 0.3 is 13.8 Å². The van der Waals surface area contributed by atoms with E-state index in [9.17, 15) is 19.0 Å². The number of phosphoric ester groups is 1. The van der Waals surface area contributed by atoms with Crippen LogP contribution < -0.4 is 16.4 Å². The van der Waals surface area contributed by atoms with E-state index in [0.717, 1.165) is 0 Å². The zero-order valence-corrected chi connectivity index (χ0v) is 25.2. The van der Waals surface area contributed by atoms with E-state index in [4.69, 9.17) is 19.5 Å². The van der Waals surface area contributed by atoms with E-state index in [1.807, 2.05) is 69.6 Å². The van der Waals surface area contributed by atoms with Crippen LogP contribution >= 0.6 is 7.82 Å². The highest BCUT2D eigenvalue weighted by Crippen LogP contribution is 2.48. The molecule has 5 N–H and O–H groups in total. The number of hydrogen-bond donors (Lipinski definition) is 4. The smallest absolute Gasteiger partial charge is 0.463 e. The molecule has 0 saturated heterocycles. The molecule has 0 aliphatic rings. The molecule has 0 aromatic rings. The summed E-state index contributed by atoms with van der Waals surface area (Å²) in [5.74, 6) is -0.758. The number of quaternary nitrogens is 1. The van der Waals surface area contributed by atoms with Crippen LogP contribution in [0.25, 0.3) is 0 Å². The van der Waals surface area contributed by atoms with Gasteiger partial charge in [-0.3, -0.25) is 24.0 Å². The molecule has 12 heteroatoms. The van der Waals surface area contributed by atoms with E-state index in [2.05, 4.69) is 10.6 Å². The summed E-state index contributed by atoms with van der Waals surface area (Å²) in [6, 6.07) is -0.259. The van der Waals surface area contributed by atoms with Crippen molar-refractivity contribution in [2.45, 2.75) is 73.5 Å². The second-order valence-electron chi connectivity index (χ2n) is 12.3. The van der Waals surface area contributed by atoms with Gasteiger partial charge in [-0.1, -0.05) is 41.5 Å². The fraction of sp³-hybridized carbons (Fsp3) is 0.917. The molecule has 0 spiro atoms. The van der Waals surface area contributed by atoms with E-state index in [1.165, 1.54) is 0 Å². The number of likely N-dealkylation sites (N-methyl/N-ethyl adjacent to an activating group) is 2. The molecule has 0 radical (unpaired) electrons. The maximum absolute atomic E-state index is 13.2. The first-order chi connectivity index (χ1) is 16.1. The lowest BCUT2D eigenvalue weighted by Gasteiger charge is -2.46. The number of phosphoric acid groups is 1. The van der Waals surface area contributed by atoms with Gasteiger partial charge in [-0.2, -0.15) is 0 Å². The predicted octanol–water partition coefficient (Wildman–Crippen LogP) is 2.24. The third-order valence-corrected chi connectivity index (χ3v) is 7.93. The summed E-state index contributed by atoms with van der Waals surface area (Å²) in [7, 11) is 3.19. The van der Waals surface area contributed by atoms with Crippen molar-refractivity contribution in [1.82, 2.24) is 10.6 Å². The van der Waals surface area contributed by atoms with Gasteiger partial charge in [0.25, 0.3) is 5.91 Å². The monoisotopic (exact) mass is 539 g/mol. The first kappa shape index (κ1) is 34.9. The molecule has 0 aromatic heterocycles. The van der Waals surface area contributed by atoms with Gasteiger partial charge in [-0.25, -0.2) is 4.57 Å². The van der Waals surface area contributed by atoms with Crippen molar-refractivity contribution in [2.75, 3.05) is 54.6 Å². The lowest BCUT2D eigenvalue weighted by molar-refractivity contribution is -0.870. The molecule has 0 aromatic carbocycles. The fourth-order valence-electron chi connectivity index (χ4n) is 3.51. The standard InChI is InChI=1S/C24H51N4O7P/c1-12-24(7,21(30)33-15-16-35-36(31,32)34-14-13-28(9,10)11)23(5,6)17-18(22(2,3)4)27-20(29)19(25)26-8/h18-19,26H,12-17,25H2,1-11H3,(H-,27,29,31,32)/p+1. The summed E-state index contributed by atoms with van der Waals surface area (Å²) in [5.41, 5.74) is 4.06. The minimum atomic E-state index is -4.24. The van der Waals surface area contributed by atoms with Crippen LogP contribution in [0.2, 0.25) is 0 Å². The first-order valence-electron chi connectivity index (χ1n) is 12.4. The summed E-state index contributed by atoms with van der Waals surface area (Å²) < 4.78 is 28.0. The van der Waals surface area contributed by atoms with Crippen molar-refractivity contribution in [2.24, 2.45) is 22.0 Å². The number of nitrogens with one attached hydrogen (secondary N) is 2. The molecule has 11 nitrogen and oxygen atoms in total. The number of rotatable bonds is 16. The molecule has 0 aliphatic heterocycles. The number of amides is 1. The maximum atomic E-state index is 13.2. The lowest BCUT2D eigenvalue weighted by atomic mass is 9.60. The van der Waals surface area contributed by atoms with Crippen LogP contribution in [-0.2, 0) is 27.9 Å². The maximum Gasteiger partial charge on any atom is 0.472 e. The number of ether oxygens (including phenoxy) is 1. The van der Waals surface area contributed by atoms with Gasteiger partial charge in [0.05, 0.1) is 33.2 Å². The Morgan fingerprint density at radius 1 is 1.03 bits per heavy atom. The average Bonchev–Trinajstić information content (AvgIpc) is 2.72. The average molecular weight is 540 g/mol. The molecule has 214 valence electrons. The Balaban J connectivity index is 5.21. The van der Waals surface area contributed by atoms with Gasteiger partial charge in [0.15, 0.2) is 0 Å². The summed E-state index contributed by atoms with van der Waals surface area (Å²) >= 11 is 0.